The number of hydrogen-bond donors (Lipinski definition) is 3. The smallest absolute Gasteiger partial charge is 0.0662 e. The second-order valence-electron chi connectivity index (χ2n) is 2.57. The van der Waals surface area contributed by atoms with Crippen LogP contribution in [0.15, 0.2) is 0 Å². The third-order valence-electron chi connectivity index (χ3n) is 1.29. The molecule has 0 aliphatic rings. The lowest BCUT2D eigenvalue weighted by atomic mass is 10.3. The molecular formula is C7H17NO2. The molecule has 0 spiro atoms. The molecule has 1 unspecified atom stereocenters. The summed E-state index contributed by atoms with van der Waals surface area (Å²) in [6, 6.07) is 0. The van der Waals surface area contributed by atoms with Gasteiger partial charge >= 0.3 is 0 Å². The lowest BCUT2D eigenvalue weighted by Crippen LogP contribution is -2.31. The summed E-state index contributed by atoms with van der Waals surface area (Å²) in [6.07, 6.45) is 0.148. The van der Waals surface area contributed by atoms with Gasteiger partial charge in [0.2, 0.25) is 0 Å². The normalized spacial score (nSPS) is 16.8. The van der Waals surface area contributed by atoms with Gasteiger partial charge < -0.3 is 15.5 Å². The molecule has 0 fully saturated rings. The fourth-order valence-electron chi connectivity index (χ4n) is 0.603. The third kappa shape index (κ3) is 6.01. The molecule has 3 nitrogen and oxygen atoms in total. The standard InChI is InChI=1S/C7H17NO2/c1-3-7(10)5-8-4-6(2)9/h6-10H,3-5H2,1-2H3/t6-,7?/m0/s1. The Morgan fingerprint density at radius 2 is 1.90 bits per heavy atom. The first-order valence-electron chi connectivity index (χ1n) is 3.73. The Morgan fingerprint density at radius 1 is 1.30 bits per heavy atom. The van der Waals surface area contributed by atoms with Gasteiger partial charge in [-0.1, -0.05) is 6.92 Å². The molecule has 0 saturated heterocycles. The van der Waals surface area contributed by atoms with Gasteiger partial charge in [0, 0.05) is 13.1 Å². The average Bonchev–Trinajstić information content (AvgIpc) is 1.87. The van der Waals surface area contributed by atoms with Crippen molar-refractivity contribution in [1.29, 1.82) is 0 Å². The third-order valence-corrected chi connectivity index (χ3v) is 1.29. The lowest BCUT2D eigenvalue weighted by molar-refractivity contribution is 0.150. The van der Waals surface area contributed by atoms with E-state index in [9.17, 15) is 0 Å². The van der Waals surface area contributed by atoms with E-state index in [1.165, 1.54) is 0 Å². The van der Waals surface area contributed by atoms with Gasteiger partial charge in [0.1, 0.15) is 0 Å². The van der Waals surface area contributed by atoms with Crippen molar-refractivity contribution >= 4 is 0 Å². The van der Waals surface area contributed by atoms with Gasteiger partial charge in [0.15, 0.2) is 0 Å². The van der Waals surface area contributed by atoms with Crippen LogP contribution in [0, 0.1) is 0 Å². The van der Waals surface area contributed by atoms with Gasteiger partial charge in [-0.2, -0.15) is 0 Å². The van der Waals surface area contributed by atoms with Gasteiger partial charge in [0.25, 0.3) is 0 Å². The van der Waals surface area contributed by atoms with E-state index in [-0.39, 0.29) is 12.2 Å². The zero-order chi connectivity index (χ0) is 7.98. The van der Waals surface area contributed by atoms with Crippen molar-refractivity contribution < 1.29 is 10.2 Å². The number of aliphatic hydroxyl groups is 2. The van der Waals surface area contributed by atoms with Crippen molar-refractivity contribution in [2.75, 3.05) is 13.1 Å². The van der Waals surface area contributed by atoms with Crippen LogP contribution in [0.2, 0.25) is 0 Å². The minimum atomic E-state index is -0.330. The molecule has 10 heavy (non-hydrogen) atoms. The fourth-order valence-corrected chi connectivity index (χ4v) is 0.603. The Labute approximate surface area is 62.1 Å². The molecule has 0 aliphatic carbocycles. The minimum absolute atomic E-state index is 0.279. The Balaban J connectivity index is 3.03. The van der Waals surface area contributed by atoms with Crippen molar-refractivity contribution in [3.05, 3.63) is 0 Å². The average molecular weight is 147 g/mol. The van der Waals surface area contributed by atoms with Crippen LogP contribution >= 0.6 is 0 Å². The maximum Gasteiger partial charge on any atom is 0.0662 e. The Kier molecular flexibility index (Phi) is 5.58. The van der Waals surface area contributed by atoms with Gasteiger partial charge in [-0.05, 0) is 13.3 Å². The molecule has 0 saturated carbocycles. The molecule has 62 valence electrons. The first kappa shape index (κ1) is 9.88. The predicted molar refractivity (Wildman–Crippen MR) is 40.8 cm³/mol. The predicted octanol–water partition coefficient (Wildman–Crippen LogP) is -0.272. The van der Waals surface area contributed by atoms with Crippen molar-refractivity contribution in [2.24, 2.45) is 0 Å². The van der Waals surface area contributed by atoms with Gasteiger partial charge in [0.05, 0.1) is 12.2 Å². The van der Waals surface area contributed by atoms with E-state index in [2.05, 4.69) is 5.32 Å². The van der Waals surface area contributed by atoms with E-state index in [1.54, 1.807) is 6.92 Å². The SMILES string of the molecule is CCC(O)CNC[C@H](C)O. The monoisotopic (exact) mass is 147 g/mol. The van der Waals surface area contributed by atoms with Crippen LogP contribution in [0.5, 0.6) is 0 Å². The Bertz CT molecular complexity index is 76.0. The van der Waals surface area contributed by atoms with Gasteiger partial charge in [-0.15, -0.1) is 0 Å². The molecule has 3 N–H and O–H groups in total. The number of rotatable bonds is 5. The summed E-state index contributed by atoms with van der Waals surface area (Å²) >= 11 is 0. The largest absolute Gasteiger partial charge is 0.392 e. The van der Waals surface area contributed by atoms with Crippen molar-refractivity contribution in [3.8, 4) is 0 Å². The first-order chi connectivity index (χ1) is 4.66. The zero-order valence-corrected chi connectivity index (χ0v) is 6.67. The summed E-state index contributed by atoms with van der Waals surface area (Å²) in [5, 5.41) is 20.8. The van der Waals surface area contributed by atoms with Crippen LogP contribution in [0.1, 0.15) is 20.3 Å². The van der Waals surface area contributed by atoms with E-state index in [0.29, 0.717) is 13.1 Å². The molecule has 0 aliphatic heterocycles. The maximum absolute atomic E-state index is 9.03. The molecule has 2 atom stereocenters. The molecule has 0 aromatic carbocycles. The minimum Gasteiger partial charge on any atom is -0.392 e. The number of aliphatic hydroxyl groups excluding tert-OH is 2. The van der Waals surface area contributed by atoms with Crippen LogP contribution in [-0.2, 0) is 0 Å². The Morgan fingerprint density at radius 3 is 2.30 bits per heavy atom. The summed E-state index contributed by atoms with van der Waals surface area (Å²) in [5.74, 6) is 0. The number of hydrogen-bond acceptors (Lipinski definition) is 3. The van der Waals surface area contributed by atoms with Crippen LogP contribution < -0.4 is 5.32 Å². The highest BCUT2D eigenvalue weighted by Crippen LogP contribution is 1.86. The molecule has 0 aromatic heterocycles. The van der Waals surface area contributed by atoms with E-state index in [1.807, 2.05) is 6.92 Å². The number of nitrogens with one attached hydrogen (secondary N) is 1. The highest BCUT2D eigenvalue weighted by atomic mass is 16.3. The van der Waals surface area contributed by atoms with Crippen LogP contribution in [0.25, 0.3) is 0 Å². The molecule has 0 bridgehead atoms. The van der Waals surface area contributed by atoms with E-state index in [0.717, 1.165) is 6.42 Å². The molecule has 0 aromatic rings. The van der Waals surface area contributed by atoms with Crippen LogP contribution in [-0.4, -0.2) is 35.5 Å². The van der Waals surface area contributed by atoms with Crippen molar-refractivity contribution in [3.63, 3.8) is 0 Å². The van der Waals surface area contributed by atoms with Crippen LogP contribution in [0.3, 0.4) is 0 Å². The Hall–Kier alpha value is -0.120. The molecule has 0 radical (unpaired) electrons. The molecular weight excluding hydrogens is 130 g/mol. The highest BCUT2D eigenvalue weighted by molar-refractivity contribution is 4.58. The van der Waals surface area contributed by atoms with Crippen molar-refractivity contribution in [1.82, 2.24) is 5.32 Å². The summed E-state index contributed by atoms with van der Waals surface area (Å²) in [7, 11) is 0. The second kappa shape index (κ2) is 5.65. The lowest BCUT2D eigenvalue weighted by Gasteiger charge is -2.09. The van der Waals surface area contributed by atoms with Gasteiger partial charge in [-0.3, -0.25) is 0 Å². The quantitative estimate of drug-likeness (QED) is 0.501. The second-order valence-corrected chi connectivity index (χ2v) is 2.57. The fraction of sp³-hybridized carbons (Fsp3) is 1.00. The summed E-state index contributed by atoms with van der Waals surface area (Å²) in [5.41, 5.74) is 0. The molecule has 3 heteroatoms. The molecule has 0 amide bonds. The van der Waals surface area contributed by atoms with E-state index >= 15 is 0 Å². The van der Waals surface area contributed by atoms with E-state index in [4.69, 9.17) is 10.2 Å². The molecule has 0 rings (SSSR count). The highest BCUT2D eigenvalue weighted by Gasteiger charge is 1.99. The summed E-state index contributed by atoms with van der Waals surface area (Å²) in [6.45, 7) is 4.76. The topological polar surface area (TPSA) is 52.5 Å². The van der Waals surface area contributed by atoms with Crippen LogP contribution in [0.4, 0.5) is 0 Å². The van der Waals surface area contributed by atoms with E-state index < -0.39 is 0 Å². The summed E-state index contributed by atoms with van der Waals surface area (Å²) in [4.78, 5) is 0. The van der Waals surface area contributed by atoms with Gasteiger partial charge in [-0.25, -0.2) is 0 Å². The summed E-state index contributed by atoms with van der Waals surface area (Å²) < 4.78 is 0. The molecule has 0 heterocycles. The first-order valence-corrected chi connectivity index (χ1v) is 3.73. The van der Waals surface area contributed by atoms with Crippen molar-refractivity contribution in [2.45, 2.75) is 32.5 Å². The zero-order valence-electron chi connectivity index (χ0n) is 6.67. The maximum atomic E-state index is 9.03.